The lowest BCUT2D eigenvalue weighted by Gasteiger charge is -2.33. The summed E-state index contributed by atoms with van der Waals surface area (Å²) in [6.07, 6.45) is 4.31. The fourth-order valence-corrected chi connectivity index (χ4v) is 4.24. The molecule has 2 aromatic rings. The summed E-state index contributed by atoms with van der Waals surface area (Å²) in [7, 11) is 0. The van der Waals surface area contributed by atoms with Crippen molar-refractivity contribution in [2.75, 3.05) is 32.7 Å². The Hall–Kier alpha value is -2.04. The molecule has 0 unspecified atom stereocenters. The van der Waals surface area contributed by atoms with Crippen molar-refractivity contribution in [1.82, 2.24) is 9.80 Å². The zero-order chi connectivity index (χ0) is 19.3. The molecule has 0 saturated carbocycles. The largest absolute Gasteiger partial charge is 0.490 e. The van der Waals surface area contributed by atoms with E-state index in [1.54, 1.807) is 0 Å². The van der Waals surface area contributed by atoms with Gasteiger partial charge < -0.3 is 14.5 Å². The van der Waals surface area contributed by atoms with Crippen LogP contribution in [0.2, 0.25) is 5.02 Å². The first kappa shape index (κ1) is 19.3. The molecule has 0 bridgehead atoms. The molecule has 0 aliphatic carbocycles. The van der Waals surface area contributed by atoms with E-state index in [9.17, 15) is 4.79 Å². The number of piperidine rings is 1. The SMILES string of the molecule is O=C1c2ccccc2CCCN1CCN1CCC(Oc2ccc(Cl)cc2)CC1. The minimum atomic E-state index is 0.189. The highest BCUT2D eigenvalue weighted by Gasteiger charge is 2.24. The quantitative estimate of drug-likeness (QED) is 0.753. The number of rotatable bonds is 5. The van der Waals surface area contributed by atoms with Gasteiger partial charge in [0.1, 0.15) is 11.9 Å². The number of aryl methyl sites for hydroxylation is 1. The van der Waals surface area contributed by atoms with Crippen LogP contribution in [0.5, 0.6) is 5.75 Å². The third-order valence-corrected chi connectivity index (χ3v) is 6.00. The lowest BCUT2D eigenvalue weighted by Crippen LogP contribution is -2.43. The van der Waals surface area contributed by atoms with E-state index in [0.29, 0.717) is 0 Å². The minimum absolute atomic E-state index is 0.189. The zero-order valence-electron chi connectivity index (χ0n) is 16.1. The van der Waals surface area contributed by atoms with E-state index in [2.05, 4.69) is 11.0 Å². The molecule has 0 aromatic heterocycles. The van der Waals surface area contributed by atoms with Crippen molar-refractivity contribution in [3.63, 3.8) is 0 Å². The Morgan fingerprint density at radius 3 is 2.50 bits per heavy atom. The lowest BCUT2D eigenvalue weighted by atomic mass is 10.0. The monoisotopic (exact) mass is 398 g/mol. The molecule has 0 atom stereocenters. The van der Waals surface area contributed by atoms with Crippen molar-refractivity contribution in [2.24, 2.45) is 0 Å². The van der Waals surface area contributed by atoms with Gasteiger partial charge in [-0.25, -0.2) is 0 Å². The first-order chi connectivity index (χ1) is 13.7. The number of ether oxygens (including phenoxy) is 1. The number of carbonyl (C=O) groups is 1. The Kier molecular flexibility index (Phi) is 6.18. The van der Waals surface area contributed by atoms with E-state index in [-0.39, 0.29) is 12.0 Å². The van der Waals surface area contributed by atoms with Crippen LogP contribution in [0.25, 0.3) is 0 Å². The summed E-state index contributed by atoms with van der Waals surface area (Å²) in [6, 6.07) is 15.6. The molecule has 28 heavy (non-hydrogen) atoms. The molecule has 0 spiro atoms. The smallest absolute Gasteiger partial charge is 0.254 e. The first-order valence-electron chi connectivity index (χ1n) is 10.2. The van der Waals surface area contributed by atoms with Gasteiger partial charge in [-0.3, -0.25) is 4.79 Å². The fourth-order valence-electron chi connectivity index (χ4n) is 4.11. The highest BCUT2D eigenvalue weighted by atomic mass is 35.5. The Balaban J connectivity index is 1.25. The van der Waals surface area contributed by atoms with Gasteiger partial charge in [-0.15, -0.1) is 0 Å². The maximum Gasteiger partial charge on any atom is 0.254 e. The topological polar surface area (TPSA) is 32.8 Å². The Morgan fingerprint density at radius 1 is 0.964 bits per heavy atom. The van der Waals surface area contributed by atoms with E-state index >= 15 is 0 Å². The van der Waals surface area contributed by atoms with E-state index in [1.807, 2.05) is 47.4 Å². The molecule has 4 nitrogen and oxygen atoms in total. The number of benzene rings is 2. The molecule has 0 N–H and O–H groups in total. The average Bonchev–Trinajstić information content (AvgIpc) is 2.88. The van der Waals surface area contributed by atoms with Crippen LogP contribution < -0.4 is 4.74 Å². The number of amides is 1. The summed E-state index contributed by atoms with van der Waals surface area (Å²) in [5, 5.41) is 0.729. The van der Waals surface area contributed by atoms with Gasteiger partial charge in [0.15, 0.2) is 0 Å². The number of likely N-dealkylation sites (tertiary alicyclic amines) is 1. The van der Waals surface area contributed by atoms with Gasteiger partial charge in [0.05, 0.1) is 0 Å². The molecule has 2 aliphatic rings. The van der Waals surface area contributed by atoms with Crippen LogP contribution in [-0.2, 0) is 6.42 Å². The van der Waals surface area contributed by atoms with Gasteiger partial charge in [0, 0.05) is 43.3 Å². The summed E-state index contributed by atoms with van der Waals surface area (Å²) in [6.45, 7) is 4.61. The molecule has 1 amide bonds. The molecule has 2 aromatic carbocycles. The van der Waals surface area contributed by atoms with Crippen LogP contribution in [0.1, 0.15) is 35.2 Å². The number of hydrogen-bond acceptors (Lipinski definition) is 3. The number of carbonyl (C=O) groups excluding carboxylic acids is 1. The van der Waals surface area contributed by atoms with Gasteiger partial charge in [-0.05, 0) is 61.6 Å². The maximum atomic E-state index is 12.9. The van der Waals surface area contributed by atoms with Crippen LogP contribution in [0, 0.1) is 0 Å². The first-order valence-corrected chi connectivity index (χ1v) is 10.6. The number of nitrogens with zero attached hydrogens (tertiary/aromatic N) is 2. The van der Waals surface area contributed by atoms with E-state index in [4.69, 9.17) is 16.3 Å². The minimum Gasteiger partial charge on any atom is -0.490 e. The third kappa shape index (κ3) is 4.68. The zero-order valence-corrected chi connectivity index (χ0v) is 16.9. The van der Waals surface area contributed by atoms with Gasteiger partial charge >= 0.3 is 0 Å². The summed E-state index contributed by atoms with van der Waals surface area (Å²) in [5.41, 5.74) is 2.07. The van der Waals surface area contributed by atoms with Crippen LogP contribution in [-0.4, -0.2) is 54.5 Å². The molecule has 4 rings (SSSR count). The number of halogens is 1. The standard InChI is InChI=1S/C23H27ClN2O2/c24-19-7-9-20(10-8-19)28-21-11-14-25(15-12-21)16-17-26-13-3-5-18-4-1-2-6-22(18)23(26)27/h1-2,4,6-10,21H,3,5,11-17H2. The summed E-state index contributed by atoms with van der Waals surface area (Å²) >= 11 is 5.93. The van der Waals surface area contributed by atoms with E-state index in [0.717, 1.165) is 74.7 Å². The van der Waals surface area contributed by atoms with Crippen molar-refractivity contribution in [3.05, 3.63) is 64.7 Å². The Bertz CT molecular complexity index is 801. The van der Waals surface area contributed by atoms with Gasteiger partial charge in [-0.1, -0.05) is 29.8 Å². The lowest BCUT2D eigenvalue weighted by molar-refractivity contribution is 0.0687. The van der Waals surface area contributed by atoms with Crippen molar-refractivity contribution in [3.8, 4) is 5.75 Å². The number of fused-ring (bicyclic) bond motifs is 1. The molecule has 2 aliphatic heterocycles. The fraction of sp³-hybridized carbons (Fsp3) is 0.435. The summed E-state index contributed by atoms with van der Waals surface area (Å²) in [4.78, 5) is 17.3. The second kappa shape index (κ2) is 8.97. The Morgan fingerprint density at radius 2 is 1.71 bits per heavy atom. The van der Waals surface area contributed by atoms with Crippen molar-refractivity contribution in [2.45, 2.75) is 31.8 Å². The van der Waals surface area contributed by atoms with Crippen LogP contribution >= 0.6 is 11.6 Å². The molecule has 148 valence electrons. The van der Waals surface area contributed by atoms with Crippen LogP contribution in [0.3, 0.4) is 0 Å². The molecule has 2 heterocycles. The van der Waals surface area contributed by atoms with Crippen molar-refractivity contribution in [1.29, 1.82) is 0 Å². The van der Waals surface area contributed by atoms with Crippen molar-refractivity contribution < 1.29 is 9.53 Å². The summed E-state index contributed by atoms with van der Waals surface area (Å²) in [5.74, 6) is 1.07. The highest BCUT2D eigenvalue weighted by molar-refractivity contribution is 6.30. The van der Waals surface area contributed by atoms with Gasteiger partial charge in [-0.2, -0.15) is 0 Å². The highest BCUT2D eigenvalue weighted by Crippen LogP contribution is 2.22. The molecule has 0 radical (unpaired) electrons. The van der Waals surface area contributed by atoms with Crippen LogP contribution in [0.4, 0.5) is 0 Å². The third-order valence-electron chi connectivity index (χ3n) is 5.75. The molecule has 1 saturated heterocycles. The van der Waals surface area contributed by atoms with Crippen LogP contribution in [0.15, 0.2) is 48.5 Å². The normalized spacial score (nSPS) is 18.6. The van der Waals surface area contributed by atoms with Gasteiger partial charge in [0.25, 0.3) is 5.91 Å². The van der Waals surface area contributed by atoms with E-state index in [1.165, 1.54) is 5.56 Å². The average molecular weight is 399 g/mol. The second-order valence-corrected chi connectivity index (χ2v) is 8.10. The molecule has 1 fully saturated rings. The predicted octanol–water partition coefficient (Wildman–Crippen LogP) is 4.27. The van der Waals surface area contributed by atoms with Crippen molar-refractivity contribution >= 4 is 17.5 Å². The van der Waals surface area contributed by atoms with Gasteiger partial charge in [0.2, 0.25) is 0 Å². The Labute approximate surface area is 172 Å². The summed E-state index contributed by atoms with van der Waals surface area (Å²) < 4.78 is 6.08. The predicted molar refractivity (Wildman–Crippen MR) is 112 cm³/mol. The van der Waals surface area contributed by atoms with E-state index < -0.39 is 0 Å². The molecular weight excluding hydrogens is 372 g/mol. The molecule has 5 heteroatoms. The maximum absolute atomic E-state index is 12.9. The number of hydrogen-bond donors (Lipinski definition) is 0. The molecular formula is C23H27ClN2O2. The second-order valence-electron chi connectivity index (χ2n) is 7.67.